The molecule has 28 heavy (non-hydrogen) atoms. The number of hydrogen-bond donors (Lipinski definition) is 1. The van der Waals surface area contributed by atoms with E-state index in [1.54, 1.807) is 24.8 Å². The van der Waals surface area contributed by atoms with E-state index in [-0.39, 0.29) is 0 Å². The number of aromatic nitrogens is 2. The normalized spacial score (nSPS) is 12.6. The topological polar surface area (TPSA) is 92.3 Å². The van der Waals surface area contributed by atoms with Crippen molar-refractivity contribution in [2.24, 2.45) is 0 Å². The maximum atomic E-state index is 12.9. The molecular weight excluding hydrogens is 416 g/mol. The van der Waals surface area contributed by atoms with Crippen LogP contribution in [0.1, 0.15) is 37.8 Å². The van der Waals surface area contributed by atoms with Gasteiger partial charge in [0.2, 0.25) is 21.1 Å². The van der Waals surface area contributed by atoms with Crippen molar-refractivity contribution in [3.05, 3.63) is 29.3 Å². The van der Waals surface area contributed by atoms with Gasteiger partial charge in [0, 0.05) is 5.75 Å². The predicted octanol–water partition coefficient (Wildman–Crippen LogP) is 3.84. The number of carbonyl (C=O) groups excluding carboxylic acids is 1. The summed E-state index contributed by atoms with van der Waals surface area (Å²) in [4.78, 5) is 12.9. The Morgan fingerprint density at radius 3 is 2.61 bits per heavy atom. The minimum absolute atomic E-state index is 0.322. The van der Waals surface area contributed by atoms with Gasteiger partial charge in [-0.1, -0.05) is 49.1 Å². The lowest BCUT2D eigenvalue weighted by Crippen LogP contribution is -2.47. The molecule has 7 nitrogen and oxygen atoms in total. The molecule has 1 heterocycles. The molecule has 0 saturated heterocycles. The first-order valence-corrected chi connectivity index (χ1v) is 12.7. The van der Waals surface area contributed by atoms with Gasteiger partial charge in [-0.25, -0.2) is 8.42 Å². The number of carbonyl (C=O) groups is 1. The molecule has 1 atom stereocenters. The Hall–Kier alpha value is -1.65. The molecule has 0 radical (unpaired) electrons. The molecule has 154 valence electrons. The number of nitrogens with zero attached hydrogens (tertiary/aromatic N) is 3. The van der Waals surface area contributed by atoms with Gasteiger partial charge in [-0.3, -0.25) is 14.4 Å². The van der Waals surface area contributed by atoms with E-state index in [2.05, 4.69) is 22.4 Å². The van der Waals surface area contributed by atoms with Gasteiger partial charge in [-0.05, 0) is 43.9 Å². The lowest BCUT2D eigenvalue weighted by molar-refractivity contribution is -0.117. The van der Waals surface area contributed by atoms with Crippen LogP contribution in [0.15, 0.2) is 22.5 Å². The summed E-state index contributed by atoms with van der Waals surface area (Å²) in [6.45, 7) is 7.59. The number of rotatable bonds is 9. The molecule has 2 rings (SSSR count). The molecule has 1 aromatic carbocycles. The first-order valence-electron chi connectivity index (χ1n) is 9.01. The average molecular weight is 443 g/mol. The number of amides is 1. The lowest BCUT2D eigenvalue weighted by atomic mass is 10.1. The van der Waals surface area contributed by atoms with E-state index in [0.29, 0.717) is 17.2 Å². The molecule has 0 unspecified atom stereocenters. The highest BCUT2D eigenvalue weighted by atomic mass is 32.2. The molecule has 0 bridgehead atoms. The van der Waals surface area contributed by atoms with Crippen LogP contribution in [0.5, 0.6) is 0 Å². The highest BCUT2D eigenvalue weighted by Crippen LogP contribution is 2.29. The largest absolute Gasteiger partial charge is 0.299 e. The first kappa shape index (κ1) is 22.6. The standard InChI is InChI=1S/C18H26N4O3S3/c1-6-10-26-18-21-20-17(27-18)19-16(23)14(7-2)22(28(5,24)25)15-11-12(3)8-9-13(15)4/h8-9,11,14H,6-7,10H2,1-5H3,(H,19,20,23)/t14-/m1/s1. The van der Waals surface area contributed by atoms with Gasteiger partial charge in [0.1, 0.15) is 6.04 Å². The summed E-state index contributed by atoms with van der Waals surface area (Å²) in [6.07, 6.45) is 2.46. The Bertz CT molecular complexity index is 928. The van der Waals surface area contributed by atoms with Crippen molar-refractivity contribution in [3.63, 3.8) is 0 Å². The molecule has 0 aliphatic carbocycles. The van der Waals surface area contributed by atoms with Crippen LogP contribution in [-0.4, -0.2) is 42.6 Å². The van der Waals surface area contributed by atoms with Gasteiger partial charge >= 0.3 is 0 Å². The fourth-order valence-electron chi connectivity index (χ4n) is 2.69. The smallest absolute Gasteiger partial charge is 0.250 e. The molecule has 10 heteroatoms. The minimum atomic E-state index is -3.68. The van der Waals surface area contributed by atoms with Crippen LogP contribution in [0.4, 0.5) is 10.8 Å². The number of hydrogen-bond acceptors (Lipinski definition) is 7. The number of aryl methyl sites for hydroxylation is 2. The number of anilines is 2. The van der Waals surface area contributed by atoms with Gasteiger partial charge < -0.3 is 0 Å². The first-order chi connectivity index (χ1) is 13.2. The van der Waals surface area contributed by atoms with Crippen LogP contribution < -0.4 is 9.62 Å². The van der Waals surface area contributed by atoms with E-state index in [0.717, 1.165) is 33.9 Å². The summed E-state index contributed by atoms with van der Waals surface area (Å²) < 4.78 is 27.2. The Morgan fingerprint density at radius 1 is 1.29 bits per heavy atom. The molecule has 1 aromatic heterocycles. The third-order valence-corrected chi connectivity index (χ3v) is 7.34. The van der Waals surface area contributed by atoms with Crippen LogP contribution in [0.3, 0.4) is 0 Å². The Balaban J connectivity index is 2.32. The van der Waals surface area contributed by atoms with E-state index < -0.39 is 22.0 Å². The zero-order valence-corrected chi connectivity index (χ0v) is 19.2. The zero-order chi connectivity index (χ0) is 20.9. The molecule has 2 aromatic rings. The third kappa shape index (κ3) is 5.68. The number of sulfonamides is 1. The maximum absolute atomic E-state index is 12.9. The lowest BCUT2D eigenvalue weighted by Gasteiger charge is -2.31. The monoisotopic (exact) mass is 442 g/mol. The zero-order valence-electron chi connectivity index (χ0n) is 16.7. The van der Waals surface area contributed by atoms with Crippen molar-refractivity contribution in [3.8, 4) is 0 Å². The quantitative estimate of drug-likeness (QED) is 0.468. The van der Waals surface area contributed by atoms with Crippen molar-refractivity contribution in [2.45, 2.75) is 50.9 Å². The summed E-state index contributed by atoms with van der Waals surface area (Å²) in [5, 5.41) is 11.2. The number of thioether (sulfide) groups is 1. The van der Waals surface area contributed by atoms with E-state index >= 15 is 0 Å². The average Bonchev–Trinajstić information content (AvgIpc) is 3.06. The van der Waals surface area contributed by atoms with E-state index in [1.807, 2.05) is 26.0 Å². The van der Waals surface area contributed by atoms with E-state index in [4.69, 9.17) is 0 Å². The Morgan fingerprint density at radius 2 is 2.00 bits per heavy atom. The maximum Gasteiger partial charge on any atom is 0.250 e. The molecule has 0 aliphatic heterocycles. The molecule has 1 amide bonds. The highest BCUT2D eigenvalue weighted by molar-refractivity contribution is 8.01. The molecule has 0 saturated carbocycles. The van der Waals surface area contributed by atoms with Crippen molar-refractivity contribution >= 4 is 49.8 Å². The fraction of sp³-hybridized carbons (Fsp3) is 0.500. The van der Waals surface area contributed by atoms with Crippen molar-refractivity contribution in [2.75, 3.05) is 21.6 Å². The molecule has 1 N–H and O–H groups in total. The second-order valence-corrected chi connectivity index (χ2v) is 10.7. The molecule has 0 fully saturated rings. The Kier molecular flexibility index (Phi) is 7.85. The molecule has 0 spiro atoms. The number of benzene rings is 1. The highest BCUT2D eigenvalue weighted by Gasteiger charge is 2.33. The van der Waals surface area contributed by atoms with Crippen LogP contribution in [0.25, 0.3) is 0 Å². The van der Waals surface area contributed by atoms with Crippen molar-refractivity contribution in [1.82, 2.24) is 10.2 Å². The van der Waals surface area contributed by atoms with Crippen molar-refractivity contribution in [1.29, 1.82) is 0 Å². The molecule has 0 aliphatic rings. The third-order valence-electron chi connectivity index (χ3n) is 4.00. The second kappa shape index (κ2) is 9.71. The van der Waals surface area contributed by atoms with Crippen LogP contribution in [0, 0.1) is 13.8 Å². The van der Waals surface area contributed by atoms with Crippen LogP contribution in [-0.2, 0) is 14.8 Å². The second-order valence-electron chi connectivity index (χ2n) is 6.48. The van der Waals surface area contributed by atoms with Crippen LogP contribution in [0.2, 0.25) is 0 Å². The molecular formula is C18H26N4O3S3. The number of nitrogens with one attached hydrogen (secondary N) is 1. The van der Waals surface area contributed by atoms with Gasteiger partial charge in [0.25, 0.3) is 0 Å². The van der Waals surface area contributed by atoms with E-state index in [9.17, 15) is 13.2 Å². The van der Waals surface area contributed by atoms with Crippen molar-refractivity contribution < 1.29 is 13.2 Å². The van der Waals surface area contributed by atoms with Gasteiger partial charge in [-0.15, -0.1) is 10.2 Å². The van der Waals surface area contributed by atoms with Gasteiger partial charge in [-0.2, -0.15) is 0 Å². The van der Waals surface area contributed by atoms with Gasteiger partial charge in [0.05, 0.1) is 11.9 Å². The summed E-state index contributed by atoms with van der Waals surface area (Å²) in [6, 6.07) is 4.68. The van der Waals surface area contributed by atoms with Crippen LogP contribution >= 0.6 is 23.1 Å². The fourth-order valence-corrected chi connectivity index (χ4v) is 5.63. The summed E-state index contributed by atoms with van der Waals surface area (Å²) >= 11 is 2.87. The summed E-state index contributed by atoms with van der Waals surface area (Å²) in [5.74, 6) is 0.506. The predicted molar refractivity (Wildman–Crippen MR) is 117 cm³/mol. The van der Waals surface area contributed by atoms with Gasteiger partial charge in [0.15, 0.2) is 4.34 Å². The SMILES string of the molecule is CCCSc1nnc(NC(=O)[C@@H](CC)N(c2cc(C)ccc2C)S(C)(=O)=O)s1. The Labute approximate surface area is 175 Å². The summed E-state index contributed by atoms with van der Waals surface area (Å²) in [5.41, 5.74) is 2.23. The summed E-state index contributed by atoms with van der Waals surface area (Å²) in [7, 11) is -3.68. The van der Waals surface area contributed by atoms with E-state index in [1.165, 1.54) is 15.6 Å². The minimum Gasteiger partial charge on any atom is -0.299 e.